The lowest BCUT2D eigenvalue weighted by Crippen LogP contribution is -2.21. The third-order valence-corrected chi connectivity index (χ3v) is 2.44. The zero-order valence-electron chi connectivity index (χ0n) is 12.0. The van der Waals surface area contributed by atoms with Gasteiger partial charge in [-0.25, -0.2) is 0 Å². The van der Waals surface area contributed by atoms with Crippen LogP contribution in [-0.4, -0.2) is 23.7 Å². The lowest BCUT2D eigenvalue weighted by molar-refractivity contribution is -0.384. The van der Waals surface area contributed by atoms with Crippen molar-refractivity contribution in [3.8, 4) is 0 Å². The highest BCUT2D eigenvalue weighted by Gasteiger charge is 2.13. The fraction of sp³-hybridized carbons (Fsp3) is 0.538. The average molecular weight is 283 g/mol. The second-order valence-electron chi connectivity index (χ2n) is 5.27. The topological polar surface area (TPSA) is 99.6 Å². The van der Waals surface area contributed by atoms with E-state index in [0.29, 0.717) is 19.8 Å². The molecule has 112 valence electrons. The third-order valence-electron chi connectivity index (χ3n) is 2.44. The van der Waals surface area contributed by atoms with Crippen molar-refractivity contribution in [3.63, 3.8) is 0 Å². The van der Waals surface area contributed by atoms with Crippen LogP contribution < -0.4 is 11.3 Å². The predicted molar refractivity (Wildman–Crippen MR) is 76.3 cm³/mol. The van der Waals surface area contributed by atoms with Crippen molar-refractivity contribution in [1.29, 1.82) is 0 Å². The summed E-state index contributed by atoms with van der Waals surface area (Å²) in [5.74, 6) is 5.27. The number of anilines is 1. The number of benzene rings is 1. The first kappa shape index (κ1) is 16.4. The number of nitrogens with two attached hydrogens (primary N) is 1. The summed E-state index contributed by atoms with van der Waals surface area (Å²) in [5.41, 5.74) is 3.14. The molecule has 0 saturated heterocycles. The molecule has 1 rings (SSSR count). The van der Waals surface area contributed by atoms with E-state index in [4.69, 9.17) is 15.3 Å². The van der Waals surface area contributed by atoms with Gasteiger partial charge in [-0.3, -0.25) is 16.0 Å². The van der Waals surface area contributed by atoms with Crippen LogP contribution in [-0.2, 0) is 16.1 Å². The van der Waals surface area contributed by atoms with Crippen LogP contribution in [0.2, 0.25) is 0 Å². The second-order valence-corrected chi connectivity index (χ2v) is 5.27. The summed E-state index contributed by atoms with van der Waals surface area (Å²) < 4.78 is 11.0. The van der Waals surface area contributed by atoms with Gasteiger partial charge in [0.15, 0.2) is 0 Å². The predicted octanol–water partition coefficient (Wildman–Crippen LogP) is 2.21. The normalized spacial score (nSPS) is 11.4. The van der Waals surface area contributed by atoms with Gasteiger partial charge < -0.3 is 14.9 Å². The number of nitrogens with zero attached hydrogens (tertiary/aromatic N) is 1. The molecule has 1 aromatic carbocycles. The van der Waals surface area contributed by atoms with Crippen molar-refractivity contribution in [2.45, 2.75) is 33.0 Å². The minimum atomic E-state index is -0.489. The van der Waals surface area contributed by atoms with Crippen molar-refractivity contribution in [2.75, 3.05) is 18.6 Å². The van der Waals surface area contributed by atoms with Gasteiger partial charge in [0, 0.05) is 6.07 Å². The number of nitrogens with one attached hydrogen (secondary N) is 1. The van der Waals surface area contributed by atoms with Crippen LogP contribution in [0.25, 0.3) is 0 Å². The van der Waals surface area contributed by atoms with E-state index in [-0.39, 0.29) is 17.0 Å². The largest absolute Gasteiger partial charge is 0.374 e. The Labute approximate surface area is 118 Å². The number of hydrazine groups is 1. The van der Waals surface area contributed by atoms with Crippen LogP contribution in [0.1, 0.15) is 26.3 Å². The lowest BCUT2D eigenvalue weighted by atomic mass is 10.2. The third kappa shape index (κ3) is 5.52. The number of nitrogen functional groups attached to an aromatic ring is 1. The van der Waals surface area contributed by atoms with Gasteiger partial charge in [0.1, 0.15) is 5.69 Å². The number of hydrogen-bond donors (Lipinski definition) is 2. The van der Waals surface area contributed by atoms with E-state index in [9.17, 15) is 10.1 Å². The molecule has 0 aliphatic carbocycles. The molecule has 0 unspecified atom stereocenters. The fourth-order valence-electron chi connectivity index (χ4n) is 1.54. The van der Waals surface area contributed by atoms with E-state index < -0.39 is 4.92 Å². The fourth-order valence-corrected chi connectivity index (χ4v) is 1.54. The van der Waals surface area contributed by atoms with Crippen LogP contribution in [0, 0.1) is 10.1 Å². The summed E-state index contributed by atoms with van der Waals surface area (Å²) in [4.78, 5) is 10.3. The molecule has 20 heavy (non-hydrogen) atoms. The summed E-state index contributed by atoms with van der Waals surface area (Å²) in [7, 11) is 0. The van der Waals surface area contributed by atoms with Gasteiger partial charge >= 0.3 is 0 Å². The molecule has 0 spiro atoms. The average Bonchev–Trinajstić information content (AvgIpc) is 2.36. The summed E-state index contributed by atoms with van der Waals surface area (Å²) in [5, 5.41) is 10.7. The first-order chi connectivity index (χ1) is 9.33. The molecule has 0 amide bonds. The molecule has 1 aromatic rings. The first-order valence-corrected chi connectivity index (χ1v) is 6.29. The molecule has 0 radical (unpaired) electrons. The molecule has 0 saturated carbocycles. The summed E-state index contributed by atoms with van der Waals surface area (Å²) in [6.45, 7) is 7.23. The monoisotopic (exact) mass is 283 g/mol. The lowest BCUT2D eigenvalue weighted by Gasteiger charge is -2.19. The van der Waals surface area contributed by atoms with Crippen molar-refractivity contribution >= 4 is 11.4 Å². The molecule has 0 atom stereocenters. The van der Waals surface area contributed by atoms with E-state index in [1.165, 1.54) is 6.07 Å². The number of rotatable bonds is 7. The second kappa shape index (κ2) is 7.18. The van der Waals surface area contributed by atoms with E-state index in [1.54, 1.807) is 12.1 Å². The molecular formula is C13H21N3O4. The van der Waals surface area contributed by atoms with Crippen LogP contribution in [0.15, 0.2) is 18.2 Å². The van der Waals surface area contributed by atoms with Crippen LogP contribution >= 0.6 is 0 Å². The molecule has 3 N–H and O–H groups in total. The molecule has 7 nitrogen and oxygen atoms in total. The maximum atomic E-state index is 10.7. The van der Waals surface area contributed by atoms with Crippen molar-refractivity contribution in [3.05, 3.63) is 33.9 Å². The summed E-state index contributed by atoms with van der Waals surface area (Å²) in [6.07, 6.45) is 0. The van der Waals surface area contributed by atoms with E-state index in [0.717, 1.165) is 5.56 Å². The summed E-state index contributed by atoms with van der Waals surface area (Å²) >= 11 is 0. The Balaban J connectivity index is 2.47. The van der Waals surface area contributed by atoms with E-state index in [1.807, 2.05) is 20.8 Å². The first-order valence-electron chi connectivity index (χ1n) is 6.29. The van der Waals surface area contributed by atoms with Gasteiger partial charge in [-0.05, 0) is 38.5 Å². The number of nitro groups is 1. The highest BCUT2D eigenvalue weighted by molar-refractivity contribution is 5.61. The molecular weight excluding hydrogens is 262 g/mol. The Morgan fingerprint density at radius 2 is 2.05 bits per heavy atom. The molecule has 0 heterocycles. The van der Waals surface area contributed by atoms with Gasteiger partial charge in [0.25, 0.3) is 5.69 Å². The van der Waals surface area contributed by atoms with Gasteiger partial charge in [0.05, 0.1) is 30.3 Å². The molecule has 0 aliphatic rings. The Morgan fingerprint density at radius 3 is 2.60 bits per heavy atom. The molecule has 0 aliphatic heterocycles. The van der Waals surface area contributed by atoms with E-state index >= 15 is 0 Å². The van der Waals surface area contributed by atoms with E-state index in [2.05, 4.69) is 5.43 Å². The quantitative estimate of drug-likeness (QED) is 0.344. The Bertz CT molecular complexity index is 457. The van der Waals surface area contributed by atoms with Gasteiger partial charge in [-0.15, -0.1) is 0 Å². The summed E-state index contributed by atoms with van der Waals surface area (Å²) in [6, 6.07) is 4.64. The minimum absolute atomic E-state index is 0.0627. The zero-order chi connectivity index (χ0) is 15.2. The van der Waals surface area contributed by atoms with Crippen LogP contribution in [0.4, 0.5) is 11.4 Å². The Morgan fingerprint density at radius 1 is 1.35 bits per heavy atom. The highest BCUT2D eigenvalue weighted by Crippen LogP contribution is 2.24. The molecule has 0 aromatic heterocycles. The highest BCUT2D eigenvalue weighted by atomic mass is 16.6. The maximum absolute atomic E-state index is 10.7. The number of hydrogen-bond acceptors (Lipinski definition) is 6. The molecule has 7 heteroatoms. The van der Waals surface area contributed by atoms with Crippen molar-refractivity contribution in [2.24, 2.45) is 5.84 Å². The Kier molecular flexibility index (Phi) is 5.87. The number of ether oxygens (including phenoxy) is 2. The van der Waals surface area contributed by atoms with Gasteiger partial charge in [0.2, 0.25) is 0 Å². The van der Waals surface area contributed by atoms with Crippen molar-refractivity contribution in [1.82, 2.24) is 0 Å². The zero-order valence-corrected chi connectivity index (χ0v) is 12.0. The standard InChI is InChI=1S/C13H21N3O4/c1-13(2,3)20-7-6-19-9-10-4-5-12(16(17)18)11(8-10)15-14/h4-5,8,15H,6-7,9,14H2,1-3H3. The molecule has 0 fully saturated rings. The van der Waals surface area contributed by atoms with Gasteiger partial charge in [-0.1, -0.05) is 0 Å². The Hall–Kier alpha value is -1.70. The SMILES string of the molecule is CC(C)(C)OCCOCc1ccc([N+](=O)[O-])c(NN)c1. The van der Waals surface area contributed by atoms with Crippen molar-refractivity contribution < 1.29 is 14.4 Å². The minimum Gasteiger partial charge on any atom is -0.374 e. The number of nitro benzene ring substituents is 1. The molecule has 0 bridgehead atoms. The smallest absolute Gasteiger partial charge is 0.293 e. The van der Waals surface area contributed by atoms with Gasteiger partial charge in [-0.2, -0.15) is 0 Å². The van der Waals surface area contributed by atoms with Crippen LogP contribution in [0.3, 0.4) is 0 Å². The maximum Gasteiger partial charge on any atom is 0.293 e. The van der Waals surface area contributed by atoms with Crippen LogP contribution in [0.5, 0.6) is 0 Å².